The van der Waals surface area contributed by atoms with E-state index in [4.69, 9.17) is 5.11 Å². The van der Waals surface area contributed by atoms with Crippen molar-refractivity contribution in [2.24, 2.45) is 0 Å². The summed E-state index contributed by atoms with van der Waals surface area (Å²) in [5.74, 6) is -4.66. The molecule has 19 heavy (non-hydrogen) atoms. The summed E-state index contributed by atoms with van der Waals surface area (Å²) in [5, 5.41) is 10.7. The van der Waals surface area contributed by atoms with Crippen LogP contribution in [0.4, 0.5) is 13.2 Å². The first-order valence-corrected chi connectivity index (χ1v) is 5.00. The number of carboxylic acid groups (broad SMARTS) is 1. The minimum atomic E-state index is -5.18. The first-order chi connectivity index (χ1) is 8.59. The van der Waals surface area contributed by atoms with Crippen LogP contribution in [0.25, 0.3) is 0 Å². The van der Waals surface area contributed by atoms with Gasteiger partial charge in [-0.3, -0.25) is 14.4 Å². The highest BCUT2D eigenvalue weighted by Gasteiger charge is 2.40. The molecule has 0 saturated carbocycles. The molecular weight excluding hydrogens is 273 g/mol. The van der Waals surface area contributed by atoms with Crippen molar-refractivity contribution in [1.82, 2.24) is 10.4 Å². The second-order valence-corrected chi connectivity index (χ2v) is 3.47. The number of halogens is 3. The lowest BCUT2D eigenvalue weighted by Gasteiger charge is -2.17. The Balaban J connectivity index is 4.49. The van der Waals surface area contributed by atoms with Gasteiger partial charge in [-0.15, -0.1) is 0 Å². The van der Waals surface area contributed by atoms with E-state index in [-0.39, 0.29) is 6.42 Å². The lowest BCUT2D eigenvalue weighted by atomic mass is 10.1. The highest BCUT2D eigenvalue weighted by atomic mass is 19.4. The van der Waals surface area contributed by atoms with Gasteiger partial charge in [-0.2, -0.15) is 13.2 Å². The smallest absolute Gasteiger partial charge is 0.471 e. The maximum atomic E-state index is 12.0. The van der Waals surface area contributed by atoms with Crippen molar-refractivity contribution in [3.05, 3.63) is 0 Å². The third-order valence-electron chi connectivity index (χ3n) is 2.13. The molecule has 0 aliphatic heterocycles. The van der Waals surface area contributed by atoms with Crippen LogP contribution in [0.1, 0.15) is 12.8 Å². The van der Waals surface area contributed by atoms with E-state index in [2.05, 4.69) is 4.84 Å². The highest BCUT2D eigenvalue weighted by Crippen LogP contribution is 2.15. The van der Waals surface area contributed by atoms with E-state index in [1.165, 1.54) is 19.5 Å². The zero-order valence-corrected chi connectivity index (χ0v) is 10.2. The Hall–Kier alpha value is -1.84. The summed E-state index contributed by atoms with van der Waals surface area (Å²) in [6, 6.07) is -1.80. The molecule has 7 nitrogen and oxygen atoms in total. The van der Waals surface area contributed by atoms with Gasteiger partial charge in [-0.1, -0.05) is 0 Å². The van der Waals surface area contributed by atoms with Crippen LogP contribution in [0.15, 0.2) is 0 Å². The molecule has 0 heterocycles. The van der Waals surface area contributed by atoms with Crippen LogP contribution in [0.5, 0.6) is 0 Å². The maximum absolute atomic E-state index is 12.0. The Labute approximate surface area is 106 Å². The Kier molecular flexibility index (Phi) is 6.25. The molecule has 0 aromatic heterocycles. The number of hydrogen-bond donors (Lipinski definition) is 2. The van der Waals surface area contributed by atoms with E-state index in [9.17, 15) is 27.6 Å². The lowest BCUT2D eigenvalue weighted by molar-refractivity contribution is -0.176. The number of nitrogens with one attached hydrogen (secondary N) is 1. The van der Waals surface area contributed by atoms with Crippen molar-refractivity contribution in [3.8, 4) is 0 Å². The van der Waals surface area contributed by atoms with Crippen molar-refractivity contribution in [3.63, 3.8) is 0 Å². The van der Waals surface area contributed by atoms with Crippen molar-refractivity contribution in [2.45, 2.75) is 25.1 Å². The number of carboxylic acids is 1. The van der Waals surface area contributed by atoms with Gasteiger partial charge in [0.2, 0.25) is 5.91 Å². The number of hydroxylamine groups is 2. The average Bonchev–Trinajstić information content (AvgIpc) is 2.30. The molecule has 0 saturated heterocycles. The summed E-state index contributed by atoms with van der Waals surface area (Å²) in [6.07, 6.45) is -6.05. The molecule has 0 radical (unpaired) electrons. The van der Waals surface area contributed by atoms with Crippen molar-refractivity contribution < 1.29 is 37.5 Å². The number of hydrogen-bond acceptors (Lipinski definition) is 4. The quantitative estimate of drug-likeness (QED) is 0.666. The topological polar surface area (TPSA) is 95.9 Å². The standard InChI is InChI=1S/C9H13F3N2O5/c1-14(19-2)6(15)4-3-5(7(16)17)13-8(18)9(10,11)12/h5H,3-4H2,1-2H3,(H,13,18)(H,16,17)/t5-/m0/s1. The van der Waals surface area contributed by atoms with Gasteiger partial charge in [0.15, 0.2) is 0 Å². The number of alkyl halides is 3. The SMILES string of the molecule is CON(C)C(=O)CC[C@H](NC(=O)C(F)(F)F)C(=O)O. The third-order valence-corrected chi connectivity index (χ3v) is 2.13. The van der Waals surface area contributed by atoms with Gasteiger partial charge in [0.1, 0.15) is 6.04 Å². The molecule has 0 aromatic rings. The van der Waals surface area contributed by atoms with Gasteiger partial charge >= 0.3 is 18.1 Å². The summed E-state index contributed by atoms with van der Waals surface area (Å²) in [5.41, 5.74) is 0. The fraction of sp³-hybridized carbons (Fsp3) is 0.667. The van der Waals surface area contributed by atoms with Crippen LogP contribution in [0.2, 0.25) is 0 Å². The minimum absolute atomic E-state index is 0.389. The molecule has 0 fully saturated rings. The van der Waals surface area contributed by atoms with E-state index < -0.39 is 36.4 Å². The summed E-state index contributed by atoms with van der Waals surface area (Å²) < 4.78 is 35.9. The second-order valence-electron chi connectivity index (χ2n) is 3.47. The summed E-state index contributed by atoms with van der Waals surface area (Å²) in [4.78, 5) is 37.0. The van der Waals surface area contributed by atoms with E-state index in [0.29, 0.717) is 0 Å². The van der Waals surface area contributed by atoms with Gasteiger partial charge in [0, 0.05) is 13.5 Å². The van der Waals surface area contributed by atoms with E-state index >= 15 is 0 Å². The summed E-state index contributed by atoms with van der Waals surface area (Å²) >= 11 is 0. The van der Waals surface area contributed by atoms with Crippen molar-refractivity contribution in [1.29, 1.82) is 0 Å². The first kappa shape index (κ1) is 17.2. The molecule has 0 aliphatic rings. The zero-order valence-electron chi connectivity index (χ0n) is 10.2. The molecule has 0 aromatic carbocycles. The Morgan fingerprint density at radius 3 is 2.26 bits per heavy atom. The Morgan fingerprint density at radius 2 is 1.89 bits per heavy atom. The van der Waals surface area contributed by atoms with Gasteiger partial charge in [0.25, 0.3) is 0 Å². The number of carbonyl (C=O) groups is 3. The predicted octanol–water partition coefficient (Wildman–Crippen LogP) is -0.0819. The maximum Gasteiger partial charge on any atom is 0.471 e. The highest BCUT2D eigenvalue weighted by molar-refractivity contribution is 5.87. The number of rotatable bonds is 6. The summed E-state index contributed by atoms with van der Waals surface area (Å²) in [6.45, 7) is 0. The van der Waals surface area contributed by atoms with Crippen LogP contribution in [0, 0.1) is 0 Å². The van der Waals surface area contributed by atoms with E-state index in [1.54, 1.807) is 0 Å². The molecule has 0 rings (SSSR count). The van der Waals surface area contributed by atoms with Gasteiger partial charge in [0.05, 0.1) is 7.11 Å². The number of amides is 2. The van der Waals surface area contributed by atoms with Crippen LogP contribution in [-0.2, 0) is 19.2 Å². The van der Waals surface area contributed by atoms with Gasteiger partial charge < -0.3 is 10.4 Å². The molecule has 2 amide bonds. The Bertz CT molecular complexity index is 358. The normalized spacial score (nSPS) is 12.7. The molecule has 2 N–H and O–H groups in total. The third kappa shape index (κ3) is 6.04. The average molecular weight is 286 g/mol. The molecule has 0 bridgehead atoms. The molecular formula is C9H13F3N2O5. The number of aliphatic carboxylic acids is 1. The number of carbonyl (C=O) groups excluding carboxylic acids is 2. The minimum Gasteiger partial charge on any atom is -0.480 e. The molecule has 0 aliphatic carbocycles. The summed E-state index contributed by atoms with van der Waals surface area (Å²) in [7, 11) is 2.45. The van der Waals surface area contributed by atoms with E-state index in [0.717, 1.165) is 5.06 Å². The monoisotopic (exact) mass is 286 g/mol. The van der Waals surface area contributed by atoms with Crippen LogP contribution in [0.3, 0.4) is 0 Å². The van der Waals surface area contributed by atoms with Gasteiger partial charge in [-0.05, 0) is 6.42 Å². The second kappa shape index (κ2) is 6.92. The molecule has 0 spiro atoms. The lowest BCUT2D eigenvalue weighted by Crippen LogP contribution is -2.47. The van der Waals surface area contributed by atoms with Crippen LogP contribution in [-0.4, -0.2) is 54.3 Å². The van der Waals surface area contributed by atoms with E-state index in [1.807, 2.05) is 0 Å². The van der Waals surface area contributed by atoms with Crippen LogP contribution < -0.4 is 5.32 Å². The van der Waals surface area contributed by atoms with Gasteiger partial charge in [-0.25, -0.2) is 9.86 Å². The largest absolute Gasteiger partial charge is 0.480 e. The fourth-order valence-electron chi connectivity index (χ4n) is 1.02. The fourth-order valence-corrected chi connectivity index (χ4v) is 1.02. The van der Waals surface area contributed by atoms with Crippen LogP contribution >= 0.6 is 0 Å². The number of nitrogens with zero attached hydrogens (tertiary/aromatic N) is 1. The molecule has 0 unspecified atom stereocenters. The Morgan fingerprint density at radius 1 is 1.37 bits per heavy atom. The van der Waals surface area contributed by atoms with Crippen molar-refractivity contribution >= 4 is 17.8 Å². The zero-order chi connectivity index (χ0) is 15.2. The molecule has 110 valence electrons. The first-order valence-electron chi connectivity index (χ1n) is 5.00. The predicted molar refractivity (Wildman–Crippen MR) is 54.6 cm³/mol. The molecule has 1 atom stereocenters. The molecule has 10 heteroatoms. The van der Waals surface area contributed by atoms with Crippen molar-refractivity contribution in [2.75, 3.05) is 14.2 Å².